The zero-order valence-corrected chi connectivity index (χ0v) is 12.5. The molecule has 1 aliphatic carbocycles. The number of hydrogen-bond donors (Lipinski definition) is 1. The van der Waals surface area contributed by atoms with Gasteiger partial charge in [-0.1, -0.05) is 0 Å². The third-order valence-corrected chi connectivity index (χ3v) is 4.28. The van der Waals surface area contributed by atoms with Gasteiger partial charge in [0, 0.05) is 30.6 Å². The van der Waals surface area contributed by atoms with Crippen LogP contribution >= 0.6 is 0 Å². The van der Waals surface area contributed by atoms with Gasteiger partial charge < -0.3 is 15.4 Å². The summed E-state index contributed by atoms with van der Waals surface area (Å²) in [6.07, 6.45) is 4.22. The van der Waals surface area contributed by atoms with Crippen molar-refractivity contribution in [2.24, 2.45) is 11.7 Å². The van der Waals surface area contributed by atoms with Crippen LogP contribution in [0, 0.1) is 5.92 Å². The summed E-state index contributed by atoms with van der Waals surface area (Å²) in [5.74, 6) is 1.41. The minimum absolute atomic E-state index is 0.281. The number of nitrogens with zero attached hydrogens (tertiary/aromatic N) is 1. The van der Waals surface area contributed by atoms with Gasteiger partial charge in [0.2, 0.25) is 0 Å². The highest BCUT2D eigenvalue weighted by atomic mass is 16.5. The molecule has 4 nitrogen and oxygen atoms in total. The molecule has 0 bridgehead atoms. The molecule has 1 heterocycles. The molecule has 114 valence electrons. The summed E-state index contributed by atoms with van der Waals surface area (Å²) in [6, 6.07) is 7.93. The molecule has 1 aliphatic heterocycles. The fourth-order valence-corrected chi connectivity index (χ4v) is 2.84. The van der Waals surface area contributed by atoms with Gasteiger partial charge in [0.1, 0.15) is 5.75 Å². The zero-order valence-electron chi connectivity index (χ0n) is 12.5. The SMILES string of the molecule is NC1CCN(CCCOc2ccc(C(=O)C3CC3)cc2)C1. The lowest BCUT2D eigenvalue weighted by atomic mass is 10.1. The summed E-state index contributed by atoms with van der Waals surface area (Å²) < 4.78 is 5.73. The van der Waals surface area contributed by atoms with Crippen molar-refractivity contribution in [1.82, 2.24) is 4.90 Å². The van der Waals surface area contributed by atoms with E-state index in [4.69, 9.17) is 10.5 Å². The molecular formula is C17H24N2O2. The van der Waals surface area contributed by atoms with Crippen molar-refractivity contribution >= 4 is 5.78 Å². The van der Waals surface area contributed by atoms with Gasteiger partial charge in [0.05, 0.1) is 6.61 Å². The van der Waals surface area contributed by atoms with E-state index in [1.807, 2.05) is 24.3 Å². The fraction of sp³-hybridized carbons (Fsp3) is 0.588. The van der Waals surface area contributed by atoms with E-state index in [0.29, 0.717) is 12.6 Å². The van der Waals surface area contributed by atoms with Crippen molar-refractivity contribution in [3.63, 3.8) is 0 Å². The third-order valence-electron chi connectivity index (χ3n) is 4.28. The second-order valence-electron chi connectivity index (χ2n) is 6.21. The molecule has 1 aromatic rings. The predicted octanol–water partition coefficient (Wildman–Crippen LogP) is 2.08. The zero-order chi connectivity index (χ0) is 14.7. The Morgan fingerprint density at radius 3 is 2.62 bits per heavy atom. The molecule has 1 atom stereocenters. The Morgan fingerprint density at radius 1 is 1.24 bits per heavy atom. The van der Waals surface area contributed by atoms with Crippen LogP contribution in [-0.2, 0) is 0 Å². The first-order chi connectivity index (χ1) is 10.2. The van der Waals surface area contributed by atoms with E-state index in [1.165, 1.54) is 0 Å². The standard InChI is InChI=1S/C17H24N2O2/c18-15-8-10-19(12-15)9-1-11-21-16-6-4-14(5-7-16)17(20)13-2-3-13/h4-7,13,15H,1-3,8-12,18H2. The minimum Gasteiger partial charge on any atom is -0.494 e. The molecule has 1 saturated carbocycles. The number of likely N-dealkylation sites (tertiary alicyclic amines) is 1. The van der Waals surface area contributed by atoms with Crippen LogP contribution in [-0.4, -0.2) is 43.0 Å². The average molecular weight is 288 g/mol. The molecule has 1 saturated heterocycles. The number of rotatable bonds is 7. The van der Waals surface area contributed by atoms with Crippen molar-refractivity contribution < 1.29 is 9.53 Å². The molecule has 0 radical (unpaired) electrons. The summed E-state index contributed by atoms with van der Waals surface area (Å²) in [5, 5.41) is 0. The van der Waals surface area contributed by atoms with Crippen LogP contribution in [0.25, 0.3) is 0 Å². The van der Waals surface area contributed by atoms with E-state index in [0.717, 1.165) is 56.6 Å². The molecule has 2 fully saturated rings. The number of ether oxygens (including phenoxy) is 1. The summed E-state index contributed by atoms with van der Waals surface area (Å²) >= 11 is 0. The minimum atomic E-state index is 0.281. The molecule has 2 aliphatic rings. The molecule has 2 N–H and O–H groups in total. The van der Waals surface area contributed by atoms with Crippen molar-refractivity contribution in [3.05, 3.63) is 29.8 Å². The van der Waals surface area contributed by atoms with Crippen LogP contribution < -0.4 is 10.5 Å². The van der Waals surface area contributed by atoms with Crippen molar-refractivity contribution in [2.45, 2.75) is 31.7 Å². The van der Waals surface area contributed by atoms with Crippen LogP contribution in [0.4, 0.5) is 0 Å². The van der Waals surface area contributed by atoms with Gasteiger partial charge in [-0.2, -0.15) is 0 Å². The summed E-state index contributed by atoms with van der Waals surface area (Å²) in [5.41, 5.74) is 6.70. The third kappa shape index (κ3) is 4.05. The largest absolute Gasteiger partial charge is 0.494 e. The van der Waals surface area contributed by atoms with E-state index < -0.39 is 0 Å². The second-order valence-corrected chi connectivity index (χ2v) is 6.21. The Balaban J connectivity index is 1.38. The second kappa shape index (κ2) is 6.58. The predicted molar refractivity (Wildman–Crippen MR) is 82.6 cm³/mol. The molecule has 1 unspecified atom stereocenters. The van der Waals surface area contributed by atoms with Crippen LogP contribution in [0.1, 0.15) is 36.0 Å². The normalized spacial score (nSPS) is 22.4. The summed E-state index contributed by atoms with van der Waals surface area (Å²) in [6.45, 7) is 3.88. The molecule has 0 spiro atoms. The molecule has 21 heavy (non-hydrogen) atoms. The highest BCUT2D eigenvalue weighted by Crippen LogP contribution is 2.32. The molecule has 4 heteroatoms. The maximum Gasteiger partial charge on any atom is 0.165 e. The van der Waals surface area contributed by atoms with Crippen LogP contribution in [0.3, 0.4) is 0 Å². The van der Waals surface area contributed by atoms with Gasteiger partial charge in [-0.25, -0.2) is 0 Å². The Hall–Kier alpha value is -1.39. The fourth-order valence-electron chi connectivity index (χ4n) is 2.84. The number of nitrogens with two attached hydrogens (primary N) is 1. The van der Waals surface area contributed by atoms with Gasteiger partial charge in [0.25, 0.3) is 0 Å². The highest BCUT2D eigenvalue weighted by Gasteiger charge is 2.30. The number of carbonyl (C=O) groups is 1. The van der Waals surface area contributed by atoms with Gasteiger partial charge in [-0.05, 0) is 56.5 Å². The van der Waals surface area contributed by atoms with E-state index >= 15 is 0 Å². The molecule has 1 aromatic carbocycles. The highest BCUT2D eigenvalue weighted by molar-refractivity contribution is 5.99. The lowest BCUT2D eigenvalue weighted by Crippen LogP contribution is -2.28. The molecular weight excluding hydrogens is 264 g/mol. The number of hydrogen-bond acceptors (Lipinski definition) is 4. The molecule has 3 rings (SSSR count). The maximum absolute atomic E-state index is 11.9. The lowest BCUT2D eigenvalue weighted by molar-refractivity contribution is 0.0967. The Kier molecular flexibility index (Phi) is 4.56. The van der Waals surface area contributed by atoms with Gasteiger partial charge >= 0.3 is 0 Å². The summed E-state index contributed by atoms with van der Waals surface area (Å²) in [7, 11) is 0. The van der Waals surface area contributed by atoms with Crippen LogP contribution in [0.15, 0.2) is 24.3 Å². The van der Waals surface area contributed by atoms with E-state index in [9.17, 15) is 4.79 Å². The Labute approximate surface area is 126 Å². The topological polar surface area (TPSA) is 55.6 Å². The lowest BCUT2D eigenvalue weighted by Gasteiger charge is -2.15. The van der Waals surface area contributed by atoms with Crippen molar-refractivity contribution in [3.8, 4) is 5.75 Å². The first-order valence-corrected chi connectivity index (χ1v) is 7.97. The van der Waals surface area contributed by atoms with Gasteiger partial charge in [-0.15, -0.1) is 0 Å². The first-order valence-electron chi connectivity index (χ1n) is 7.97. The Morgan fingerprint density at radius 2 is 2.00 bits per heavy atom. The van der Waals surface area contributed by atoms with E-state index in [2.05, 4.69) is 4.90 Å². The molecule has 0 amide bonds. The quantitative estimate of drug-likeness (QED) is 0.616. The number of benzene rings is 1. The molecule has 0 aromatic heterocycles. The van der Waals surface area contributed by atoms with E-state index in [-0.39, 0.29) is 11.7 Å². The van der Waals surface area contributed by atoms with Crippen molar-refractivity contribution in [1.29, 1.82) is 0 Å². The first kappa shape index (κ1) is 14.5. The van der Waals surface area contributed by atoms with Crippen LogP contribution in [0.5, 0.6) is 5.75 Å². The number of ketones is 1. The Bertz CT molecular complexity index is 482. The average Bonchev–Trinajstić information content (AvgIpc) is 3.27. The van der Waals surface area contributed by atoms with Gasteiger partial charge in [0.15, 0.2) is 5.78 Å². The number of carbonyl (C=O) groups excluding carboxylic acids is 1. The summed E-state index contributed by atoms with van der Waals surface area (Å²) in [4.78, 5) is 14.3. The number of Topliss-reactive ketones (excluding diaryl/α,β-unsaturated/α-hetero) is 1. The van der Waals surface area contributed by atoms with Crippen LogP contribution in [0.2, 0.25) is 0 Å². The van der Waals surface area contributed by atoms with Gasteiger partial charge in [-0.3, -0.25) is 4.79 Å². The smallest absolute Gasteiger partial charge is 0.165 e. The van der Waals surface area contributed by atoms with Crippen molar-refractivity contribution in [2.75, 3.05) is 26.2 Å². The van der Waals surface area contributed by atoms with E-state index in [1.54, 1.807) is 0 Å². The maximum atomic E-state index is 11.9. The monoisotopic (exact) mass is 288 g/mol.